The molecule has 0 N–H and O–H groups in total. The average molecular weight is 338 g/mol. The van der Waals surface area contributed by atoms with Crippen molar-refractivity contribution in [2.45, 2.75) is 65.1 Å². The molecule has 1 aliphatic heterocycles. The normalized spacial score (nSPS) is 26.8. The number of esters is 1. The Bertz CT molecular complexity index is 470. The molecule has 2 aliphatic rings. The minimum absolute atomic E-state index is 0.156. The molecule has 0 saturated carbocycles. The topological polar surface area (TPSA) is 54.0 Å². The molecule has 24 heavy (non-hydrogen) atoms. The molecule has 1 heterocycles. The molecule has 6 heteroatoms. The van der Waals surface area contributed by atoms with Crippen LogP contribution in [0.2, 0.25) is 0 Å². The number of methoxy groups -OCH3 is 1. The summed E-state index contributed by atoms with van der Waals surface area (Å²) in [6, 6.07) is 0. The first-order valence-electron chi connectivity index (χ1n) is 8.92. The fourth-order valence-corrected chi connectivity index (χ4v) is 3.27. The third-order valence-corrected chi connectivity index (χ3v) is 5.55. The number of hydrogen-bond donors (Lipinski definition) is 0. The fraction of sp³-hybridized carbons (Fsp3) is 0.833. The molecular formula is C18H31BO5. The zero-order valence-corrected chi connectivity index (χ0v) is 15.9. The monoisotopic (exact) mass is 338 g/mol. The van der Waals surface area contributed by atoms with Crippen molar-refractivity contribution in [2.24, 2.45) is 11.8 Å². The molecule has 5 nitrogen and oxygen atoms in total. The Morgan fingerprint density at radius 3 is 2.42 bits per heavy atom. The second-order valence-corrected chi connectivity index (χ2v) is 7.72. The van der Waals surface area contributed by atoms with Crippen LogP contribution in [0.1, 0.15) is 53.9 Å². The third-order valence-electron chi connectivity index (χ3n) is 5.55. The van der Waals surface area contributed by atoms with Gasteiger partial charge in [0.2, 0.25) is 0 Å². The van der Waals surface area contributed by atoms with Crippen LogP contribution in [0.25, 0.3) is 0 Å². The smallest absolute Gasteiger partial charge is 0.466 e. The summed E-state index contributed by atoms with van der Waals surface area (Å²) in [5.74, 6) is -0.113. The lowest BCUT2D eigenvalue weighted by Crippen LogP contribution is -2.41. The Morgan fingerprint density at radius 1 is 1.33 bits per heavy atom. The maximum absolute atomic E-state index is 12.2. The SMILES string of the molecule is CCOC(=O)C(COC)C1CC=C(B2OC(C)(C)C(C)(C)O2)CC1. The molecule has 0 bridgehead atoms. The molecule has 136 valence electrons. The molecule has 2 rings (SSSR count). The highest BCUT2D eigenvalue weighted by Crippen LogP contribution is 2.41. The van der Waals surface area contributed by atoms with Crippen molar-refractivity contribution in [3.05, 3.63) is 11.5 Å². The van der Waals surface area contributed by atoms with Crippen LogP contribution in [-0.4, -0.2) is 44.6 Å². The Morgan fingerprint density at radius 2 is 1.96 bits per heavy atom. The molecule has 0 aromatic carbocycles. The van der Waals surface area contributed by atoms with E-state index in [1.54, 1.807) is 7.11 Å². The van der Waals surface area contributed by atoms with Crippen LogP contribution in [0.5, 0.6) is 0 Å². The summed E-state index contributed by atoms with van der Waals surface area (Å²) in [4.78, 5) is 12.2. The van der Waals surface area contributed by atoms with Crippen molar-refractivity contribution in [3.8, 4) is 0 Å². The van der Waals surface area contributed by atoms with E-state index in [1.165, 1.54) is 5.47 Å². The van der Waals surface area contributed by atoms with Crippen LogP contribution in [0.15, 0.2) is 11.5 Å². The van der Waals surface area contributed by atoms with Gasteiger partial charge < -0.3 is 18.8 Å². The molecule has 0 aromatic rings. The van der Waals surface area contributed by atoms with E-state index in [0.29, 0.717) is 13.2 Å². The molecular weight excluding hydrogens is 307 g/mol. The Kier molecular flexibility index (Phi) is 6.16. The first-order chi connectivity index (χ1) is 11.2. The minimum atomic E-state index is -0.321. The van der Waals surface area contributed by atoms with E-state index in [9.17, 15) is 4.79 Å². The van der Waals surface area contributed by atoms with E-state index >= 15 is 0 Å². The second-order valence-electron chi connectivity index (χ2n) is 7.72. The highest BCUT2D eigenvalue weighted by atomic mass is 16.7. The standard InChI is InChI=1S/C18H31BO5/c1-7-22-16(20)15(12-21-6)13-8-10-14(11-9-13)19-23-17(2,3)18(4,5)24-19/h10,13,15H,7-9,11-12H2,1-6H3. The number of carbonyl (C=O) groups excluding carboxylic acids is 1. The Hall–Kier alpha value is -0.845. The summed E-state index contributed by atoms with van der Waals surface area (Å²) in [5, 5.41) is 0. The largest absolute Gasteiger partial charge is 0.490 e. The van der Waals surface area contributed by atoms with E-state index in [2.05, 4.69) is 33.8 Å². The number of rotatable bonds is 6. The van der Waals surface area contributed by atoms with Crippen LogP contribution in [0, 0.1) is 11.8 Å². The van der Waals surface area contributed by atoms with E-state index in [0.717, 1.165) is 19.3 Å². The Balaban J connectivity index is 2.01. The van der Waals surface area contributed by atoms with Crippen LogP contribution < -0.4 is 0 Å². The van der Waals surface area contributed by atoms with Gasteiger partial charge in [-0.3, -0.25) is 4.79 Å². The molecule has 0 spiro atoms. The zero-order chi connectivity index (χ0) is 18.0. The summed E-state index contributed by atoms with van der Waals surface area (Å²) >= 11 is 0. The van der Waals surface area contributed by atoms with Crippen molar-refractivity contribution in [3.63, 3.8) is 0 Å². The van der Waals surface area contributed by atoms with E-state index in [1.807, 2.05) is 6.92 Å². The van der Waals surface area contributed by atoms with Crippen molar-refractivity contribution < 1.29 is 23.6 Å². The van der Waals surface area contributed by atoms with E-state index in [-0.39, 0.29) is 36.1 Å². The van der Waals surface area contributed by atoms with Gasteiger partial charge in [0, 0.05) is 7.11 Å². The van der Waals surface area contributed by atoms with Gasteiger partial charge in [0.1, 0.15) is 0 Å². The number of hydrogen-bond acceptors (Lipinski definition) is 5. The average Bonchev–Trinajstić information content (AvgIpc) is 2.73. The van der Waals surface area contributed by atoms with Gasteiger partial charge in [0.15, 0.2) is 0 Å². The van der Waals surface area contributed by atoms with Crippen LogP contribution in [0.4, 0.5) is 0 Å². The van der Waals surface area contributed by atoms with E-state index < -0.39 is 0 Å². The van der Waals surface area contributed by atoms with Crippen molar-refractivity contribution >= 4 is 13.1 Å². The first kappa shape index (κ1) is 19.5. The lowest BCUT2D eigenvalue weighted by molar-refractivity contribution is -0.152. The fourth-order valence-electron chi connectivity index (χ4n) is 3.27. The van der Waals surface area contributed by atoms with Gasteiger partial charge >= 0.3 is 13.1 Å². The van der Waals surface area contributed by atoms with Crippen molar-refractivity contribution in [1.82, 2.24) is 0 Å². The first-order valence-corrected chi connectivity index (χ1v) is 8.92. The quantitative estimate of drug-likeness (QED) is 0.550. The lowest BCUT2D eigenvalue weighted by Gasteiger charge is -2.32. The summed E-state index contributed by atoms with van der Waals surface area (Å²) in [5.41, 5.74) is 0.544. The van der Waals surface area contributed by atoms with Gasteiger partial charge in [0.25, 0.3) is 0 Å². The highest BCUT2D eigenvalue weighted by molar-refractivity contribution is 6.54. The summed E-state index contributed by atoms with van der Waals surface area (Å²) in [7, 11) is 1.35. The highest BCUT2D eigenvalue weighted by Gasteiger charge is 2.52. The predicted molar refractivity (Wildman–Crippen MR) is 93.5 cm³/mol. The van der Waals surface area contributed by atoms with Gasteiger partial charge in [-0.1, -0.05) is 6.08 Å². The summed E-state index contributed by atoms with van der Waals surface area (Å²) in [6.07, 6.45) is 4.80. The minimum Gasteiger partial charge on any atom is -0.466 e. The molecule has 2 unspecified atom stereocenters. The van der Waals surface area contributed by atoms with Crippen LogP contribution in [0.3, 0.4) is 0 Å². The van der Waals surface area contributed by atoms with Crippen LogP contribution in [-0.2, 0) is 23.6 Å². The zero-order valence-electron chi connectivity index (χ0n) is 15.9. The van der Waals surface area contributed by atoms with Gasteiger partial charge in [-0.15, -0.1) is 0 Å². The molecule has 1 fully saturated rings. The number of ether oxygens (including phenoxy) is 2. The summed E-state index contributed by atoms with van der Waals surface area (Å²) < 4.78 is 22.7. The molecule has 0 radical (unpaired) electrons. The van der Waals surface area contributed by atoms with Gasteiger partial charge in [-0.05, 0) is 65.3 Å². The maximum Gasteiger partial charge on any atom is 0.490 e. The van der Waals surface area contributed by atoms with Crippen molar-refractivity contribution in [2.75, 3.05) is 20.3 Å². The van der Waals surface area contributed by atoms with Gasteiger partial charge in [0.05, 0.1) is 30.3 Å². The predicted octanol–water partition coefficient (Wildman–Crippen LogP) is 3.17. The molecule has 0 aromatic heterocycles. The van der Waals surface area contributed by atoms with Crippen LogP contribution >= 0.6 is 0 Å². The molecule has 0 amide bonds. The summed E-state index contributed by atoms with van der Waals surface area (Å²) in [6.45, 7) is 10.9. The molecule has 1 saturated heterocycles. The Labute approximate surface area is 146 Å². The second kappa shape index (κ2) is 7.59. The number of allylic oxidation sites excluding steroid dienone is 2. The van der Waals surface area contributed by atoms with Crippen molar-refractivity contribution in [1.29, 1.82) is 0 Å². The maximum atomic E-state index is 12.2. The van der Waals surface area contributed by atoms with Gasteiger partial charge in [-0.2, -0.15) is 0 Å². The third kappa shape index (κ3) is 4.03. The molecule has 2 atom stereocenters. The van der Waals surface area contributed by atoms with Gasteiger partial charge in [-0.25, -0.2) is 0 Å². The lowest BCUT2D eigenvalue weighted by atomic mass is 9.68. The number of carbonyl (C=O) groups is 1. The molecule has 1 aliphatic carbocycles. The van der Waals surface area contributed by atoms with E-state index in [4.69, 9.17) is 18.8 Å².